The minimum absolute atomic E-state index is 0.157. The number of hydrogen-bond donors (Lipinski definition) is 1. The van der Waals surface area contributed by atoms with Gasteiger partial charge in [-0.2, -0.15) is 0 Å². The van der Waals surface area contributed by atoms with Gasteiger partial charge in [-0.05, 0) is 44.0 Å². The van der Waals surface area contributed by atoms with Crippen molar-refractivity contribution in [2.24, 2.45) is 0 Å². The first-order valence-corrected chi connectivity index (χ1v) is 7.82. The van der Waals surface area contributed by atoms with Crippen molar-refractivity contribution in [1.82, 2.24) is 5.32 Å². The summed E-state index contributed by atoms with van der Waals surface area (Å²) >= 11 is 0. The van der Waals surface area contributed by atoms with Crippen LogP contribution in [0.5, 0.6) is 0 Å². The highest BCUT2D eigenvalue weighted by Gasteiger charge is 2.27. The first-order chi connectivity index (χ1) is 8.40. The Balaban J connectivity index is 2.41. The van der Waals surface area contributed by atoms with Crippen LogP contribution >= 0.6 is 0 Å². The lowest BCUT2D eigenvalue weighted by molar-refractivity contribution is 0.587. The van der Waals surface area contributed by atoms with E-state index in [1.165, 1.54) is 9.87 Å². The molecule has 1 aromatic carbocycles. The van der Waals surface area contributed by atoms with Crippen LogP contribution in [0.3, 0.4) is 0 Å². The van der Waals surface area contributed by atoms with E-state index in [0.717, 1.165) is 11.3 Å². The Labute approximate surface area is 109 Å². The number of sulfonamides is 1. The molecule has 5 heteroatoms. The largest absolute Gasteiger partial charge is 0.311 e. The monoisotopic (exact) mass is 268 g/mol. The summed E-state index contributed by atoms with van der Waals surface area (Å²) in [5.74, 6) is 0.157. The summed E-state index contributed by atoms with van der Waals surface area (Å²) in [7, 11) is -3.20. The van der Waals surface area contributed by atoms with Gasteiger partial charge in [0, 0.05) is 19.1 Å². The molecule has 1 aromatic rings. The second-order valence-corrected chi connectivity index (χ2v) is 6.98. The maximum atomic E-state index is 12.2. The quantitative estimate of drug-likeness (QED) is 0.838. The van der Waals surface area contributed by atoms with Gasteiger partial charge in [0.2, 0.25) is 10.0 Å². The number of benzene rings is 1. The molecule has 1 unspecified atom stereocenters. The third-order valence-electron chi connectivity index (χ3n) is 3.41. The zero-order valence-corrected chi connectivity index (χ0v) is 11.9. The van der Waals surface area contributed by atoms with Crippen LogP contribution in [-0.4, -0.2) is 33.3 Å². The molecule has 0 spiro atoms. The van der Waals surface area contributed by atoms with E-state index >= 15 is 0 Å². The van der Waals surface area contributed by atoms with Gasteiger partial charge in [-0.15, -0.1) is 0 Å². The van der Waals surface area contributed by atoms with Gasteiger partial charge < -0.3 is 5.32 Å². The van der Waals surface area contributed by atoms with Crippen molar-refractivity contribution in [3.8, 4) is 0 Å². The molecule has 1 aliphatic heterocycles. The molecule has 2 rings (SSSR count). The molecule has 1 aliphatic rings. The summed E-state index contributed by atoms with van der Waals surface area (Å²) in [6.45, 7) is 7.05. The van der Waals surface area contributed by atoms with Crippen LogP contribution in [0.25, 0.3) is 0 Å². The highest BCUT2D eigenvalue weighted by atomic mass is 32.2. The number of rotatable bonds is 1. The lowest BCUT2D eigenvalue weighted by Gasteiger charge is -2.24. The van der Waals surface area contributed by atoms with Crippen molar-refractivity contribution in [2.45, 2.75) is 26.8 Å². The molecule has 1 fully saturated rings. The fraction of sp³-hybridized carbons (Fsp3) is 0.538. The number of nitrogens with one attached hydrogen (secondary N) is 1. The van der Waals surface area contributed by atoms with Gasteiger partial charge in [-0.3, -0.25) is 4.31 Å². The van der Waals surface area contributed by atoms with E-state index in [4.69, 9.17) is 0 Å². The maximum Gasteiger partial charge on any atom is 0.236 e. The molecule has 0 aromatic heterocycles. The van der Waals surface area contributed by atoms with Crippen molar-refractivity contribution in [3.05, 3.63) is 29.3 Å². The van der Waals surface area contributed by atoms with E-state index < -0.39 is 10.0 Å². The normalized spacial score (nSPS) is 23.7. The Morgan fingerprint density at radius 1 is 1.28 bits per heavy atom. The lowest BCUT2D eigenvalue weighted by Crippen LogP contribution is -2.37. The number of anilines is 1. The smallest absolute Gasteiger partial charge is 0.236 e. The molecular formula is C13H20N2O2S. The molecular weight excluding hydrogens is 248 g/mol. The second kappa shape index (κ2) is 4.90. The minimum atomic E-state index is -3.20. The Morgan fingerprint density at radius 2 is 2.00 bits per heavy atom. The van der Waals surface area contributed by atoms with E-state index in [-0.39, 0.29) is 11.8 Å². The first kappa shape index (κ1) is 13.4. The number of aryl methyl sites for hydroxylation is 2. The molecule has 1 N–H and O–H groups in total. The fourth-order valence-electron chi connectivity index (χ4n) is 2.12. The molecule has 0 bridgehead atoms. The molecule has 1 atom stereocenters. The fourth-order valence-corrected chi connectivity index (χ4v) is 3.60. The summed E-state index contributed by atoms with van der Waals surface area (Å²) in [6, 6.07) is 5.98. The molecule has 18 heavy (non-hydrogen) atoms. The van der Waals surface area contributed by atoms with Gasteiger partial charge in [0.15, 0.2) is 0 Å². The topological polar surface area (TPSA) is 49.4 Å². The molecule has 0 saturated carbocycles. The summed E-state index contributed by atoms with van der Waals surface area (Å²) in [4.78, 5) is 0. The third kappa shape index (κ3) is 2.67. The molecule has 4 nitrogen and oxygen atoms in total. The van der Waals surface area contributed by atoms with Crippen LogP contribution in [0.2, 0.25) is 0 Å². The van der Waals surface area contributed by atoms with Crippen LogP contribution in [0, 0.1) is 13.8 Å². The van der Waals surface area contributed by atoms with Crippen LogP contribution in [0.15, 0.2) is 18.2 Å². The van der Waals surface area contributed by atoms with E-state index in [2.05, 4.69) is 5.32 Å². The highest BCUT2D eigenvalue weighted by Crippen LogP contribution is 2.23. The predicted molar refractivity (Wildman–Crippen MR) is 74.5 cm³/mol. The molecule has 1 saturated heterocycles. The average Bonchev–Trinajstić information content (AvgIpc) is 2.41. The van der Waals surface area contributed by atoms with E-state index in [0.29, 0.717) is 13.1 Å². The number of hydrogen-bond acceptors (Lipinski definition) is 3. The van der Waals surface area contributed by atoms with Crippen molar-refractivity contribution in [1.29, 1.82) is 0 Å². The van der Waals surface area contributed by atoms with Gasteiger partial charge >= 0.3 is 0 Å². The molecule has 100 valence electrons. The van der Waals surface area contributed by atoms with E-state index in [9.17, 15) is 8.42 Å². The predicted octanol–water partition coefficient (Wildman–Crippen LogP) is 1.43. The maximum absolute atomic E-state index is 12.2. The van der Waals surface area contributed by atoms with Crippen LogP contribution in [0.4, 0.5) is 5.69 Å². The summed E-state index contributed by atoms with van der Waals surface area (Å²) in [6.07, 6.45) is 0. The Hall–Kier alpha value is -1.07. The Kier molecular flexibility index (Phi) is 3.64. The van der Waals surface area contributed by atoms with Gasteiger partial charge in [0.1, 0.15) is 0 Å². The zero-order valence-electron chi connectivity index (χ0n) is 11.1. The number of nitrogens with zero attached hydrogens (tertiary/aromatic N) is 1. The minimum Gasteiger partial charge on any atom is -0.311 e. The van der Waals surface area contributed by atoms with Gasteiger partial charge in [-0.25, -0.2) is 8.42 Å². The Morgan fingerprint density at radius 3 is 2.67 bits per heavy atom. The third-order valence-corrected chi connectivity index (χ3v) is 5.16. The average molecular weight is 268 g/mol. The first-order valence-electron chi connectivity index (χ1n) is 6.21. The van der Waals surface area contributed by atoms with E-state index in [1.54, 1.807) is 0 Å². The van der Waals surface area contributed by atoms with Crippen molar-refractivity contribution in [2.75, 3.05) is 23.1 Å². The standard InChI is InChI=1S/C13H20N2O2S/c1-10-4-5-13(8-11(10)2)15-9-12(3)14-6-7-18(15,16)17/h4-5,8,12,14H,6-7,9H2,1-3H3. The van der Waals surface area contributed by atoms with E-state index in [1.807, 2.05) is 39.0 Å². The second-order valence-electron chi connectivity index (χ2n) is 4.97. The SMILES string of the molecule is Cc1ccc(N2CC(C)NCCS2(=O)=O)cc1C. The lowest BCUT2D eigenvalue weighted by atomic mass is 10.1. The van der Waals surface area contributed by atoms with Crippen molar-refractivity contribution in [3.63, 3.8) is 0 Å². The highest BCUT2D eigenvalue weighted by molar-refractivity contribution is 7.92. The van der Waals surface area contributed by atoms with Crippen LogP contribution in [0.1, 0.15) is 18.1 Å². The van der Waals surface area contributed by atoms with Crippen LogP contribution in [-0.2, 0) is 10.0 Å². The Bertz CT molecular complexity index is 540. The van der Waals surface area contributed by atoms with Crippen molar-refractivity contribution >= 4 is 15.7 Å². The van der Waals surface area contributed by atoms with Crippen molar-refractivity contribution < 1.29 is 8.42 Å². The summed E-state index contributed by atoms with van der Waals surface area (Å²) in [5.41, 5.74) is 3.07. The molecule has 0 radical (unpaired) electrons. The summed E-state index contributed by atoms with van der Waals surface area (Å²) in [5, 5.41) is 3.20. The molecule has 1 heterocycles. The van der Waals surface area contributed by atoms with Gasteiger partial charge in [0.05, 0.1) is 11.4 Å². The molecule has 0 aliphatic carbocycles. The van der Waals surface area contributed by atoms with Gasteiger partial charge in [0.25, 0.3) is 0 Å². The zero-order chi connectivity index (χ0) is 13.3. The molecule has 0 amide bonds. The van der Waals surface area contributed by atoms with Gasteiger partial charge in [-0.1, -0.05) is 6.07 Å². The summed E-state index contributed by atoms with van der Waals surface area (Å²) < 4.78 is 26.0. The van der Waals surface area contributed by atoms with Crippen LogP contribution < -0.4 is 9.62 Å².